The second-order valence-electron chi connectivity index (χ2n) is 4.82. The Morgan fingerprint density at radius 2 is 2.05 bits per heavy atom. The van der Waals surface area contributed by atoms with Crippen molar-refractivity contribution in [2.24, 2.45) is 5.92 Å². The molecule has 0 radical (unpaired) electrons. The van der Waals surface area contributed by atoms with E-state index in [0.29, 0.717) is 19.3 Å². The van der Waals surface area contributed by atoms with Gasteiger partial charge in [-0.15, -0.1) is 0 Å². The number of nitrogens with one attached hydrogen (secondary N) is 1. The van der Waals surface area contributed by atoms with Crippen LogP contribution >= 0.6 is 0 Å². The molecule has 0 aliphatic carbocycles. The molecule has 1 aromatic rings. The predicted octanol–water partition coefficient (Wildman–Crippen LogP) is 1.27. The highest BCUT2D eigenvalue weighted by Gasteiger charge is 2.17. The van der Waals surface area contributed by atoms with Crippen molar-refractivity contribution in [2.75, 3.05) is 5.73 Å². The summed E-state index contributed by atoms with van der Waals surface area (Å²) in [5.41, 5.74) is 4.97. The molecule has 0 aliphatic heterocycles. The zero-order valence-corrected chi connectivity index (χ0v) is 11.6. The van der Waals surface area contributed by atoms with Gasteiger partial charge in [-0.25, -0.2) is 0 Å². The van der Waals surface area contributed by atoms with Gasteiger partial charge in [0.2, 0.25) is 11.8 Å². The summed E-state index contributed by atoms with van der Waals surface area (Å²) in [4.78, 5) is 28.6. The highest BCUT2D eigenvalue weighted by Crippen LogP contribution is 2.18. The number of hydrogen-bond acceptors (Lipinski definition) is 5. The molecule has 20 heavy (non-hydrogen) atoms. The van der Waals surface area contributed by atoms with Gasteiger partial charge >= 0.3 is 5.97 Å². The minimum atomic E-state index is -0.813. The maximum absolute atomic E-state index is 11.6. The summed E-state index contributed by atoms with van der Waals surface area (Å²) in [5.74, 6) is -1.74. The largest absolute Gasteiger partial charge is 0.493 e. The van der Waals surface area contributed by atoms with Crippen molar-refractivity contribution in [1.82, 2.24) is 9.97 Å². The van der Waals surface area contributed by atoms with E-state index in [0.717, 1.165) is 12.8 Å². The Kier molecular flexibility index (Phi) is 6.02. The van der Waals surface area contributed by atoms with Crippen LogP contribution < -0.4 is 11.3 Å². The van der Waals surface area contributed by atoms with Gasteiger partial charge in [0.1, 0.15) is 0 Å². The minimum absolute atomic E-state index is 0.136. The Hall–Kier alpha value is -2.05. The predicted molar refractivity (Wildman–Crippen MR) is 74.5 cm³/mol. The molecule has 1 atom stereocenters. The number of anilines is 1. The number of carboxylic acid groups (broad SMARTS) is 1. The molecular weight excluding hydrogens is 262 g/mol. The number of aromatic hydroxyl groups is 1. The first-order valence-corrected chi connectivity index (χ1v) is 6.76. The van der Waals surface area contributed by atoms with Gasteiger partial charge in [-0.1, -0.05) is 19.8 Å². The molecule has 7 heteroatoms. The number of carboxylic acids is 1. The summed E-state index contributed by atoms with van der Waals surface area (Å²) >= 11 is 0. The Bertz CT molecular complexity index is 513. The van der Waals surface area contributed by atoms with Crippen LogP contribution in [0.1, 0.15) is 44.6 Å². The van der Waals surface area contributed by atoms with Crippen LogP contribution in [-0.4, -0.2) is 26.2 Å². The number of rotatable bonds is 8. The van der Waals surface area contributed by atoms with E-state index >= 15 is 0 Å². The first-order valence-electron chi connectivity index (χ1n) is 6.76. The van der Waals surface area contributed by atoms with Crippen molar-refractivity contribution >= 4 is 11.9 Å². The van der Waals surface area contributed by atoms with Crippen molar-refractivity contribution in [3.8, 4) is 5.88 Å². The molecule has 1 aromatic heterocycles. The van der Waals surface area contributed by atoms with E-state index in [1.165, 1.54) is 0 Å². The monoisotopic (exact) mass is 283 g/mol. The molecule has 5 N–H and O–H groups in total. The molecular formula is C13H21N3O4. The number of nitrogens with two attached hydrogens (primary N) is 1. The number of H-pyrrole nitrogens is 1. The molecule has 0 aromatic carbocycles. The summed E-state index contributed by atoms with van der Waals surface area (Å²) in [6.07, 6.45) is 3.71. The number of hydrogen-bond donors (Lipinski definition) is 4. The number of nitrogen functional groups attached to an aromatic ring is 1. The number of aromatic amines is 1. The normalized spacial score (nSPS) is 12.2. The SMILES string of the molecule is CCCC[C@@H](CCCc1c(O)nc(N)[nH]c1=O)C(=O)O. The fourth-order valence-corrected chi connectivity index (χ4v) is 2.10. The van der Waals surface area contributed by atoms with Crippen LogP contribution in [0.3, 0.4) is 0 Å². The summed E-state index contributed by atoms with van der Waals surface area (Å²) in [5, 5.41) is 18.7. The van der Waals surface area contributed by atoms with Gasteiger partial charge in [0.25, 0.3) is 5.56 Å². The van der Waals surface area contributed by atoms with E-state index in [9.17, 15) is 14.7 Å². The number of nitrogens with zero attached hydrogens (tertiary/aromatic N) is 1. The molecule has 0 saturated carbocycles. The Morgan fingerprint density at radius 1 is 1.40 bits per heavy atom. The molecule has 0 bridgehead atoms. The highest BCUT2D eigenvalue weighted by atomic mass is 16.4. The van der Waals surface area contributed by atoms with Crippen LogP contribution in [0.5, 0.6) is 5.88 Å². The maximum atomic E-state index is 11.6. The summed E-state index contributed by atoms with van der Waals surface area (Å²) in [6.45, 7) is 2.01. The fourth-order valence-electron chi connectivity index (χ4n) is 2.10. The van der Waals surface area contributed by atoms with Crippen LogP contribution in [-0.2, 0) is 11.2 Å². The van der Waals surface area contributed by atoms with Crippen molar-refractivity contribution < 1.29 is 15.0 Å². The van der Waals surface area contributed by atoms with Gasteiger partial charge in [-0.3, -0.25) is 14.6 Å². The van der Waals surface area contributed by atoms with Gasteiger partial charge in [0.15, 0.2) is 0 Å². The number of aromatic nitrogens is 2. The summed E-state index contributed by atoms with van der Waals surface area (Å²) in [6, 6.07) is 0. The smallest absolute Gasteiger partial charge is 0.306 e. The highest BCUT2D eigenvalue weighted by molar-refractivity contribution is 5.69. The molecule has 0 fully saturated rings. The first kappa shape index (κ1) is 16.0. The number of aliphatic carboxylic acids is 1. The Balaban J connectivity index is 2.59. The van der Waals surface area contributed by atoms with Gasteiger partial charge in [-0.05, 0) is 25.7 Å². The molecule has 112 valence electrons. The van der Waals surface area contributed by atoms with E-state index < -0.39 is 17.4 Å². The van der Waals surface area contributed by atoms with Crippen LogP contribution in [0.25, 0.3) is 0 Å². The zero-order chi connectivity index (χ0) is 15.1. The number of unbranched alkanes of at least 4 members (excludes halogenated alkanes) is 1. The van der Waals surface area contributed by atoms with Crippen LogP contribution in [0.15, 0.2) is 4.79 Å². The third-order valence-electron chi connectivity index (χ3n) is 3.25. The molecule has 0 unspecified atom stereocenters. The lowest BCUT2D eigenvalue weighted by molar-refractivity contribution is -0.142. The maximum Gasteiger partial charge on any atom is 0.306 e. The standard InChI is InChI=1S/C13H21N3O4/c1-2-3-5-8(12(19)20)6-4-7-9-10(17)15-13(14)16-11(9)18/h8H,2-7H2,1H3,(H,19,20)(H4,14,15,16,17,18)/t8-/m0/s1. The Labute approximate surface area is 116 Å². The van der Waals surface area contributed by atoms with Gasteiger partial charge in [-0.2, -0.15) is 4.98 Å². The third kappa shape index (κ3) is 4.56. The van der Waals surface area contributed by atoms with Crippen molar-refractivity contribution in [1.29, 1.82) is 0 Å². The first-order chi connectivity index (χ1) is 9.45. The van der Waals surface area contributed by atoms with Crippen molar-refractivity contribution in [3.63, 3.8) is 0 Å². The summed E-state index contributed by atoms with van der Waals surface area (Å²) in [7, 11) is 0. The van der Waals surface area contributed by atoms with Crippen LogP contribution in [0, 0.1) is 5.92 Å². The average molecular weight is 283 g/mol. The lowest BCUT2D eigenvalue weighted by Crippen LogP contribution is -2.18. The molecule has 1 heterocycles. The van der Waals surface area contributed by atoms with Gasteiger partial charge in [0.05, 0.1) is 11.5 Å². The second-order valence-corrected chi connectivity index (χ2v) is 4.82. The van der Waals surface area contributed by atoms with Crippen molar-refractivity contribution in [3.05, 3.63) is 15.9 Å². The number of carbonyl (C=O) groups is 1. The molecule has 0 spiro atoms. The average Bonchev–Trinajstić information content (AvgIpc) is 2.35. The summed E-state index contributed by atoms with van der Waals surface area (Å²) < 4.78 is 0. The molecule has 1 rings (SSSR count). The molecule has 0 saturated heterocycles. The van der Waals surface area contributed by atoms with E-state index in [2.05, 4.69) is 9.97 Å². The topological polar surface area (TPSA) is 129 Å². The van der Waals surface area contributed by atoms with Crippen LogP contribution in [0.2, 0.25) is 0 Å². The lowest BCUT2D eigenvalue weighted by atomic mass is 9.95. The zero-order valence-electron chi connectivity index (χ0n) is 11.6. The third-order valence-corrected chi connectivity index (χ3v) is 3.25. The lowest BCUT2D eigenvalue weighted by Gasteiger charge is -2.11. The van der Waals surface area contributed by atoms with Crippen molar-refractivity contribution in [2.45, 2.75) is 45.4 Å². The van der Waals surface area contributed by atoms with E-state index in [1.807, 2.05) is 6.92 Å². The van der Waals surface area contributed by atoms with E-state index in [-0.39, 0.29) is 23.8 Å². The van der Waals surface area contributed by atoms with E-state index in [4.69, 9.17) is 10.8 Å². The quantitative estimate of drug-likeness (QED) is 0.568. The molecule has 7 nitrogen and oxygen atoms in total. The van der Waals surface area contributed by atoms with E-state index in [1.54, 1.807) is 0 Å². The Morgan fingerprint density at radius 3 is 2.60 bits per heavy atom. The van der Waals surface area contributed by atoms with Gasteiger partial charge < -0.3 is 15.9 Å². The van der Waals surface area contributed by atoms with Crippen LogP contribution in [0.4, 0.5) is 5.95 Å². The molecule has 0 aliphatic rings. The van der Waals surface area contributed by atoms with Gasteiger partial charge in [0, 0.05) is 0 Å². The minimum Gasteiger partial charge on any atom is -0.493 e. The molecule has 0 amide bonds. The second kappa shape index (κ2) is 7.52. The fraction of sp³-hybridized carbons (Fsp3) is 0.615.